The summed E-state index contributed by atoms with van der Waals surface area (Å²) in [5.41, 5.74) is 1.15. The zero-order chi connectivity index (χ0) is 31.6. The van der Waals surface area contributed by atoms with Crippen LogP contribution in [0, 0.1) is 13.8 Å². The number of carbonyl (C=O) groups excluding carboxylic acids is 1. The van der Waals surface area contributed by atoms with E-state index in [1.807, 2.05) is 19.1 Å². The number of hydrogen-bond acceptors (Lipinski definition) is 8. The number of fused-ring (bicyclic) bond motifs is 1. The first-order chi connectivity index (χ1) is 20.8. The van der Waals surface area contributed by atoms with Crippen molar-refractivity contribution in [3.05, 3.63) is 114 Å². The van der Waals surface area contributed by atoms with E-state index in [9.17, 15) is 31.3 Å². The molecule has 224 valence electrons. The van der Waals surface area contributed by atoms with E-state index in [1.165, 1.54) is 49.4 Å². The summed E-state index contributed by atoms with van der Waals surface area (Å²) < 4.78 is 61.8. The van der Waals surface area contributed by atoms with Gasteiger partial charge in [-0.25, -0.2) is 8.42 Å². The second kappa shape index (κ2) is 13.5. The zero-order valence-corrected chi connectivity index (χ0v) is 28.0. The standard InChI is InChI=1S/C31H26N4O7S2.Na/c1-19-9-3-6-12-25(19)32-31(37)24-17-21-10-4-5-11-23(21)29(30(24)36)34-33-22-16-15-20(2)28(18-22)43(38,39)35-26-13-7-8-14-27(26)44(40,41)42;/h3-18,35-36H,1-2H3,(H,32,37)(H,40,41,42);/q;+1/p-1. The van der Waals surface area contributed by atoms with Crippen LogP contribution in [0.15, 0.2) is 117 Å². The van der Waals surface area contributed by atoms with Gasteiger partial charge in [0, 0.05) is 16.6 Å². The number of rotatable bonds is 8. The van der Waals surface area contributed by atoms with Crippen molar-refractivity contribution in [3.8, 4) is 5.75 Å². The number of aryl methyl sites for hydroxylation is 2. The summed E-state index contributed by atoms with van der Waals surface area (Å²) in [6.07, 6.45) is 0. The number of hydrogen-bond donors (Lipinski definition) is 3. The Morgan fingerprint density at radius 1 is 0.756 bits per heavy atom. The minimum absolute atomic E-state index is 0. The SMILES string of the molecule is Cc1ccccc1NC(=O)c1cc2ccccc2c(N=Nc2ccc(C)c(S(=O)(=O)Nc3ccccc3S(=O)(=O)O)c2)c1[O-].[Na+]. The molecule has 0 heterocycles. The van der Waals surface area contributed by atoms with Crippen LogP contribution in [-0.2, 0) is 20.1 Å². The molecule has 5 aromatic carbocycles. The molecule has 0 fully saturated rings. The van der Waals surface area contributed by atoms with E-state index in [-0.39, 0.29) is 57.1 Å². The van der Waals surface area contributed by atoms with Gasteiger partial charge in [0.05, 0.1) is 22.0 Å². The van der Waals surface area contributed by atoms with E-state index in [2.05, 4.69) is 20.3 Å². The summed E-state index contributed by atoms with van der Waals surface area (Å²) in [6.45, 7) is 3.36. The van der Waals surface area contributed by atoms with E-state index in [4.69, 9.17) is 0 Å². The number of amides is 1. The van der Waals surface area contributed by atoms with Gasteiger partial charge in [-0.2, -0.15) is 18.6 Å². The zero-order valence-electron chi connectivity index (χ0n) is 24.3. The fourth-order valence-corrected chi connectivity index (χ4v) is 6.56. The summed E-state index contributed by atoms with van der Waals surface area (Å²) >= 11 is 0. The van der Waals surface area contributed by atoms with Crippen LogP contribution in [0.1, 0.15) is 21.5 Å². The molecule has 11 nitrogen and oxygen atoms in total. The van der Waals surface area contributed by atoms with Crippen molar-refractivity contribution in [2.75, 3.05) is 10.0 Å². The molecular formula is C31H25N4NaO7S2. The van der Waals surface area contributed by atoms with E-state index < -0.39 is 36.7 Å². The van der Waals surface area contributed by atoms with Crippen molar-refractivity contribution >= 4 is 59.6 Å². The van der Waals surface area contributed by atoms with Crippen LogP contribution in [-0.4, -0.2) is 27.3 Å². The third-order valence-corrected chi connectivity index (χ3v) is 9.17. The van der Waals surface area contributed by atoms with E-state index >= 15 is 0 Å². The second-order valence-electron chi connectivity index (χ2n) is 9.82. The molecule has 14 heteroatoms. The number of carbonyl (C=O) groups is 1. The quantitative estimate of drug-likeness (QED) is 0.131. The van der Waals surface area contributed by atoms with Gasteiger partial charge >= 0.3 is 29.6 Å². The third-order valence-electron chi connectivity index (χ3n) is 6.75. The number of nitrogens with zero attached hydrogens (tertiary/aromatic N) is 2. The van der Waals surface area contributed by atoms with E-state index in [0.717, 1.165) is 11.6 Å². The largest absolute Gasteiger partial charge is 1.00 e. The molecule has 0 aliphatic heterocycles. The molecule has 0 saturated heterocycles. The second-order valence-corrected chi connectivity index (χ2v) is 12.9. The topological polar surface area (TPSA) is 177 Å². The molecule has 0 bridgehead atoms. The molecule has 0 spiro atoms. The Balaban J connectivity index is 0.00000461. The number of azo groups is 1. The molecule has 3 N–H and O–H groups in total. The van der Waals surface area contributed by atoms with Gasteiger partial charge in [-0.15, -0.1) is 0 Å². The Hall–Kier alpha value is -4.11. The molecule has 0 saturated carbocycles. The third kappa shape index (κ3) is 7.41. The summed E-state index contributed by atoms with van der Waals surface area (Å²) in [4.78, 5) is 12.3. The Bertz CT molecular complexity index is 2190. The average Bonchev–Trinajstić information content (AvgIpc) is 2.97. The molecule has 1 amide bonds. The average molecular weight is 653 g/mol. The number of nitrogens with one attached hydrogen (secondary N) is 2. The first kappa shape index (κ1) is 33.8. The maximum Gasteiger partial charge on any atom is 1.00 e. The Kier molecular flexibility index (Phi) is 10.1. The van der Waals surface area contributed by atoms with Crippen molar-refractivity contribution in [3.63, 3.8) is 0 Å². The maximum atomic E-state index is 13.5. The van der Waals surface area contributed by atoms with Gasteiger partial charge in [0.2, 0.25) is 0 Å². The number of sulfonamides is 1. The first-order valence-corrected chi connectivity index (χ1v) is 16.0. The minimum atomic E-state index is -4.72. The van der Waals surface area contributed by atoms with Crippen LogP contribution in [0.4, 0.5) is 22.7 Å². The number of benzene rings is 5. The van der Waals surface area contributed by atoms with Crippen LogP contribution in [0.2, 0.25) is 0 Å². The molecule has 0 aliphatic carbocycles. The minimum Gasteiger partial charge on any atom is -0.870 e. The molecule has 0 aromatic heterocycles. The van der Waals surface area contributed by atoms with Crippen LogP contribution in [0.5, 0.6) is 5.75 Å². The monoisotopic (exact) mass is 652 g/mol. The summed E-state index contributed by atoms with van der Waals surface area (Å²) in [5, 5.41) is 25.6. The van der Waals surface area contributed by atoms with E-state index in [1.54, 1.807) is 36.4 Å². The smallest absolute Gasteiger partial charge is 0.870 e. The molecule has 0 atom stereocenters. The van der Waals surface area contributed by atoms with Gasteiger partial charge < -0.3 is 10.4 Å². The Labute approximate surface area is 282 Å². The molecule has 0 aliphatic rings. The van der Waals surface area contributed by atoms with Gasteiger partial charge in [-0.05, 0) is 66.8 Å². The van der Waals surface area contributed by atoms with Crippen molar-refractivity contribution in [1.29, 1.82) is 0 Å². The molecule has 0 unspecified atom stereocenters. The molecular weight excluding hydrogens is 627 g/mol. The fourth-order valence-electron chi connectivity index (χ4n) is 4.50. The van der Waals surface area contributed by atoms with Crippen LogP contribution < -0.4 is 44.7 Å². The molecule has 5 rings (SSSR count). The van der Waals surface area contributed by atoms with Gasteiger partial charge in [-0.1, -0.05) is 66.4 Å². The predicted molar refractivity (Wildman–Crippen MR) is 165 cm³/mol. The normalized spacial score (nSPS) is 11.7. The molecule has 5 aromatic rings. The van der Waals surface area contributed by atoms with Crippen molar-refractivity contribution in [2.45, 2.75) is 23.6 Å². The maximum absolute atomic E-state index is 13.5. The summed E-state index contributed by atoms with van der Waals surface area (Å²) in [6, 6.07) is 24.6. The first-order valence-electron chi connectivity index (χ1n) is 13.1. The Morgan fingerprint density at radius 3 is 2.11 bits per heavy atom. The molecule has 0 radical (unpaired) electrons. The van der Waals surface area contributed by atoms with Gasteiger partial charge in [0.25, 0.3) is 26.0 Å². The molecule has 45 heavy (non-hydrogen) atoms. The number of anilines is 2. The predicted octanol–water partition coefficient (Wildman–Crippen LogP) is 3.25. The number of para-hydroxylation sites is 2. The van der Waals surface area contributed by atoms with E-state index in [0.29, 0.717) is 22.0 Å². The van der Waals surface area contributed by atoms with Gasteiger partial charge in [0.1, 0.15) is 4.90 Å². The summed E-state index contributed by atoms with van der Waals surface area (Å²) in [5.74, 6) is -1.28. The van der Waals surface area contributed by atoms with Gasteiger partial charge in [-0.3, -0.25) is 14.1 Å². The van der Waals surface area contributed by atoms with Crippen LogP contribution in [0.25, 0.3) is 10.8 Å². The summed E-state index contributed by atoms with van der Waals surface area (Å²) in [7, 11) is -9.08. The van der Waals surface area contributed by atoms with Crippen molar-refractivity contribution < 1.29 is 60.8 Å². The van der Waals surface area contributed by atoms with Crippen molar-refractivity contribution in [2.24, 2.45) is 10.2 Å². The Morgan fingerprint density at radius 2 is 1.40 bits per heavy atom. The van der Waals surface area contributed by atoms with Crippen LogP contribution in [0.3, 0.4) is 0 Å². The van der Waals surface area contributed by atoms with Gasteiger partial charge in [0.15, 0.2) is 0 Å². The van der Waals surface area contributed by atoms with Crippen LogP contribution >= 0.6 is 0 Å². The fraction of sp³-hybridized carbons (Fsp3) is 0.0645. The van der Waals surface area contributed by atoms with Crippen molar-refractivity contribution in [1.82, 2.24) is 0 Å².